The number of hydrogen-bond acceptors (Lipinski definition) is 4. The van der Waals surface area contributed by atoms with Crippen molar-refractivity contribution in [3.8, 4) is 11.1 Å². The van der Waals surface area contributed by atoms with Crippen LogP contribution >= 0.6 is 0 Å². The van der Waals surface area contributed by atoms with Crippen LogP contribution in [0.2, 0.25) is 0 Å². The van der Waals surface area contributed by atoms with E-state index in [0.717, 1.165) is 75.3 Å². The average molecular weight is 759 g/mol. The SMILES string of the molecule is O=C1C(=O)c2ccccc2/C1=C/C1=Cc2cc3c(cc2C12CCCCC2)-c1cc2c(cc1C31CCCCC1)C=C(/C=C1\C(=O)C(=O)c3ccccc31)C21CCCCC1. The lowest BCUT2D eigenvalue weighted by Crippen LogP contribution is -2.30. The van der Waals surface area contributed by atoms with Gasteiger partial charge in [0.05, 0.1) is 0 Å². The highest BCUT2D eigenvalue weighted by Gasteiger charge is 2.51. The van der Waals surface area contributed by atoms with Crippen LogP contribution in [0.25, 0.3) is 34.4 Å². The summed E-state index contributed by atoms with van der Waals surface area (Å²) in [6.45, 7) is 0. The minimum absolute atomic E-state index is 0.0594. The molecular weight excluding hydrogens is 713 g/mol. The summed E-state index contributed by atoms with van der Waals surface area (Å²) < 4.78 is 0. The Bertz CT molecular complexity index is 2550. The molecular formula is C54H46O4. The van der Waals surface area contributed by atoms with E-state index in [0.29, 0.717) is 22.3 Å². The second-order valence-electron chi connectivity index (χ2n) is 18.6. The molecule has 4 aromatic carbocycles. The van der Waals surface area contributed by atoms with Crippen molar-refractivity contribution >= 4 is 46.4 Å². The van der Waals surface area contributed by atoms with Crippen molar-refractivity contribution in [2.75, 3.05) is 0 Å². The first-order chi connectivity index (χ1) is 28.3. The van der Waals surface area contributed by atoms with Crippen LogP contribution in [0.5, 0.6) is 0 Å². The van der Waals surface area contributed by atoms with Gasteiger partial charge in [-0.15, -0.1) is 0 Å². The summed E-state index contributed by atoms with van der Waals surface area (Å²) >= 11 is 0. The molecule has 4 heteroatoms. The maximum absolute atomic E-state index is 13.5. The Balaban J connectivity index is 1.03. The zero-order chi connectivity index (χ0) is 39.0. The zero-order valence-corrected chi connectivity index (χ0v) is 33.0. The van der Waals surface area contributed by atoms with Gasteiger partial charge in [0.15, 0.2) is 0 Å². The number of fused-ring (bicyclic) bond motifs is 11. The molecule has 0 heterocycles. The lowest BCUT2D eigenvalue weighted by atomic mass is 9.65. The van der Waals surface area contributed by atoms with Crippen molar-refractivity contribution in [2.45, 2.75) is 113 Å². The smallest absolute Gasteiger partial charge is 0.234 e. The van der Waals surface area contributed by atoms with E-state index < -0.39 is 11.6 Å². The molecule has 0 radical (unpaired) electrons. The molecule has 0 aromatic heterocycles. The highest BCUT2D eigenvalue weighted by molar-refractivity contribution is 6.63. The lowest BCUT2D eigenvalue weighted by Gasteiger charge is -2.38. The molecule has 58 heavy (non-hydrogen) atoms. The fourth-order valence-electron chi connectivity index (χ4n) is 13.2. The van der Waals surface area contributed by atoms with Crippen LogP contribution in [0.3, 0.4) is 0 Å². The second-order valence-corrected chi connectivity index (χ2v) is 18.6. The maximum atomic E-state index is 13.5. The van der Waals surface area contributed by atoms with Crippen LogP contribution in [-0.2, 0) is 25.8 Å². The molecule has 0 amide bonds. The molecule has 8 aliphatic carbocycles. The Kier molecular flexibility index (Phi) is 7.31. The van der Waals surface area contributed by atoms with Crippen molar-refractivity contribution in [1.29, 1.82) is 0 Å². The normalized spacial score (nSPS) is 24.0. The van der Waals surface area contributed by atoms with E-state index in [1.807, 2.05) is 36.4 Å². The minimum atomic E-state index is -0.393. The Labute approximate surface area is 339 Å². The third-order valence-electron chi connectivity index (χ3n) is 16.0. The molecule has 0 atom stereocenters. The molecule has 0 bridgehead atoms. The van der Waals surface area contributed by atoms with E-state index in [9.17, 15) is 19.2 Å². The van der Waals surface area contributed by atoms with Gasteiger partial charge in [-0.1, -0.05) is 118 Å². The third kappa shape index (κ3) is 4.47. The Morgan fingerprint density at radius 3 is 1.12 bits per heavy atom. The number of carbonyl (C=O) groups is 4. The van der Waals surface area contributed by atoms with Crippen LogP contribution in [0.1, 0.15) is 162 Å². The van der Waals surface area contributed by atoms with Crippen LogP contribution < -0.4 is 0 Å². The van der Waals surface area contributed by atoms with Gasteiger partial charge < -0.3 is 0 Å². The monoisotopic (exact) mass is 758 g/mol. The summed E-state index contributed by atoms with van der Waals surface area (Å²) in [6.07, 6.45) is 26.0. The van der Waals surface area contributed by atoms with Gasteiger partial charge in [-0.2, -0.15) is 0 Å². The van der Waals surface area contributed by atoms with Gasteiger partial charge >= 0.3 is 0 Å². The number of ketones is 4. The molecule has 8 aliphatic rings. The lowest BCUT2D eigenvalue weighted by molar-refractivity contribution is -0.110. The first-order valence-electron chi connectivity index (χ1n) is 22.0. The van der Waals surface area contributed by atoms with Crippen LogP contribution in [-0.4, -0.2) is 23.1 Å². The predicted molar refractivity (Wildman–Crippen MR) is 229 cm³/mol. The Morgan fingerprint density at radius 2 is 0.724 bits per heavy atom. The maximum Gasteiger partial charge on any atom is 0.234 e. The summed E-state index contributed by atoms with van der Waals surface area (Å²) in [4.78, 5) is 53.3. The van der Waals surface area contributed by atoms with E-state index in [2.05, 4.69) is 48.6 Å². The van der Waals surface area contributed by atoms with E-state index in [4.69, 9.17) is 0 Å². The fourth-order valence-corrected chi connectivity index (χ4v) is 13.2. The number of hydrogen-bond donors (Lipinski definition) is 0. The molecule has 0 saturated heterocycles. The predicted octanol–water partition coefficient (Wildman–Crippen LogP) is 11.8. The molecule has 12 rings (SSSR count). The van der Waals surface area contributed by atoms with E-state index >= 15 is 0 Å². The van der Waals surface area contributed by atoms with Crippen molar-refractivity contribution in [2.24, 2.45) is 0 Å². The van der Waals surface area contributed by atoms with Gasteiger partial charge in [0, 0.05) is 38.5 Å². The van der Waals surface area contributed by atoms with Gasteiger partial charge in [0.25, 0.3) is 0 Å². The molecule has 4 nitrogen and oxygen atoms in total. The number of allylic oxidation sites excluding steroid dienone is 6. The zero-order valence-electron chi connectivity index (χ0n) is 33.0. The topological polar surface area (TPSA) is 68.3 Å². The van der Waals surface area contributed by atoms with Gasteiger partial charge in [0.1, 0.15) is 0 Å². The van der Waals surface area contributed by atoms with Crippen molar-refractivity contribution < 1.29 is 19.2 Å². The van der Waals surface area contributed by atoms with Gasteiger partial charge in [0.2, 0.25) is 23.1 Å². The van der Waals surface area contributed by atoms with Gasteiger partial charge in [-0.05, 0) is 142 Å². The van der Waals surface area contributed by atoms with E-state index in [1.54, 1.807) is 12.1 Å². The number of benzene rings is 4. The summed E-state index contributed by atoms with van der Waals surface area (Å²) in [5, 5.41) is 0. The van der Waals surface area contributed by atoms with Gasteiger partial charge in [-0.3, -0.25) is 19.2 Å². The molecule has 3 saturated carbocycles. The first-order valence-corrected chi connectivity index (χ1v) is 22.0. The van der Waals surface area contributed by atoms with Crippen LogP contribution in [0.4, 0.5) is 0 Å². The molecule has 0 aliphatic heterocycles. The summed E-state index contributed by atoms with van der Waals surface area (Å²) in [6, 6.07) is 25.2. The average Bonchev–Trinajstić information content (AvgIpc) is 3.95. The Morgan fingerprint density at radius 1 is 0.362 bits per heavy atom. The van der Waals surface area contributed by atoms with Crippen molar-refractivity contribution in [1.82, 2.24) is 0 Å². The van der Waals surface area contributed by atoms with Crippen LogP contribution in [0.15, 0.2) is 96.1 Å². The summed E-state index contributed by atoms with van der Waals surface area (Å²) in [5.74, 6) is -1.56. The first kappa shape index (κ1) is 34.6. The van der Waals surface area contributed by atoms with Crippen molar-refractivity contribution in [3.05, 3.63) is 152 Å². The number of rotatable bonds is 2. The van der Waals surface area contributed by atoms with E-state index in [-0.39, 0.29) is 27.8 Å². The molecule has 0 N–H and O–H groups in total. The fraction of sp³-hybridized carbons (Fsp3) is 0.333. The Hall–Kier alpha value is -5.48. The molecule has 0 unspecified atom stereocenters. The molecule has 286 valence electrons. The highest BCUT2D eigenvalue weighted by Crippen LogP contribution is 2.62. The second kappa shape index (κ2) is 12.3. The quantitative estimate of drug-likeness (QED) is 0.151. The standard InChI is InChI=1S/C54H46O4/c55-48-38-16-6-4-14-36(38)42(50(48)57)28-34-24-32-26-46-40(30-44(32)52(34)18-8-1-9-19-52)41-31-45-33(27-47(41)54(46)22-12-3-13-23-54)25-35(53(45)20-10-2-11-21-53)29-43-37-15-5-7-17-39(37)49(56)51(43)58/h4-7,14-17,24-31H,1-3,8-13,18-23H2/b42-28-,43-29-. The van der Waals surface area contributed by atoms with E-state index in [1.165, 1.54) is 87.8 Å². The molecule has 4 aromatic rings. The van der Waals surface area contributed by atoms with Crippen LogP contribution in [0, 0.1) is 0 Å². The summed E-state index contributed by atoms with van der Waals surface area (Å²) in [5.41, 5.74) is 16.7. The number of Topliss-reactive ketones (excluding diaryl/α,β-unsaturated/α-hetero) is 4. The van der Waals surface area contributed by atoms with Crippen molar-refractivity contribution in [3.63, 3.8) is 0 Å². The minimum Gasteiger partial charge on any atom is -0.285 e. The van der Waals surface area contributed by atoms with Gasteiger partial charge in [-0.25, -0.2) is 0 Å². The number of carbonyl (C=O) groups excluding carboxylic acids is 4. The summed E-state index contributed by atoms with van der Waals surface area (Å²) in [7, 11) is 0. The molecule has 3 fully saturated rings. The third-order valence-corrected chi connectivity index (χ3v) is 16.0. The largest absolute Gasteiger partial charge is 0.285 e. The highest BCUT2D eigenvalue weighted by atomic mass is 16.2. The molecule has 3 spiro atoms.